The standard InChI is InChI=1S/C23H46O10/c1-22(2)4-5-25-6-7-26-8-9-27-10-11-28-12-13-29-14-15-30-16-17-31-18-19-32-20-21-33-23(3)24/h22H,4-21H2,1-3H3. The first kappa shape index (κ1) is 32.1. The van der Waals surface area contributed by atoms with Gasteiger partial charge in [0, 0.05) is 13.5 Å². The first-order valence-electron chi connectivity index (χ1n) is 11.9. The SMILES string of the molecule is CC(=O)OCCOCCOCCOCCOCCOCCOCCOCCOCCC(C)C. The van der Waals surface area contributed by atoms with Crippen LogP contribution in [0.5, 0.6) is 0 Å². The van der Waals surface area contributed by atoms with E-state index in [0.29, 0.717) is 105 Å². The molecule has 10 nitrogen and oxygen atoms in total. The Bertz CT molecular complexity index is 395. The van der Waals surface area contributed by atoms with Crippen molar-refractivity contribution in [2.75, 3.05) is 112 Å². The van der Waals surface area contributed by atoms with E-state index in [-0.39, 0.29) is 12.6 Å². The van der Waals surface area contributed by atoms with Crippen LogP contribution in [0.25, 0.3) is 0 Å². The van der Waals surface area contributed by atoms with E-state index in [0.717, 1.165) is 13.0 Å². The fourth-order valence-electron chi connectivity index (χ4n) is 2.20. The number of hydrogen-bond donors (Lipinski definition) is 0. The van der Waals surface area contributed by atoms with Crippen LogP contribution in [0.15, 0.2) is 0 Å². The molecule has 0 rings (SSSR count). The number of hydrogen-bond acceptors (Lipinski definition) is 10. The molecule has 0 saturated carbocycles. The normalized spacial score (nSPS) is 11.4. The fourth-order valence-corrected chi connectivity index (χ4v) is 2.20. The molecule has 33 heavy (non-hydrogen) atoms. The number of esters is 1. The monoisotopic (exact) mass is 482 g/mol. The molecule has 0 fully saturated rings. The number of carbonyl (C=O) groups is 1. The molecule has 0 atom stereocenters. The molecule has 198 valence electrons. The molecule has 0 aromatic heterocycles. The summed E-state index contributed by atoms with van der Waals surface area (Å²) in [6, 6.07) is 0. The van der Waals surface area contributed by atoms with Gasteiger partial charge in [-0.1, -0.05) is 13.8 Å². The summed E-state index contributed by atoms with van der Waals surface area (Å²) in [5.41, 5.74) is 0. The smallest absolute Gasteiger partial charge is 0.302 e. The molecule has 0 aromatic carbocycles. The van der Waals surface area contributed by atoms with Crippen LogP contribution in [0.3, 0.4) is 0 Å². The third-order valence-corrected chi connectivity index (χ3v) is 3.98. The topological polar surface area (TPSA) is 100 Å². The summed E-state index contributed by atoms with van der Waals surface area (Å²) in [6.07, 6.45) is 1.08. The minimum absolute atomic E-state index is 0.266. The van der Waals surface area contributed by atoms with Gasteiger partial charge in [0.1, 0.15) is 6.61 Å². The van der Waals surface area contributed by atoms with Crippen molar-refractivity contribution in [1.29, 1.82) is 0 Å². The van der Waals surface area contributed by atoms with Gasteiger partial charge >= 0.3 is 5.97 Å². The number of ether oxygens (including phenoxy) is 9. The fraction of sp³-hybridized carbons (Fsp3) is 0.957. The van der Waals surface area contributed by atoms with Crippen molar-refractivity contribution in [3.05, 3.63) is 0 Å². The van der Waals surface area contributed by atoms with Crippen molar-refractivity contribution < 1.29 is 47.4 Å². The minimum Gasteiger partial charge on any atom is -0.463 e. The Morgan fingerprint density at radius 3 is 0.939 bits per heavy atom. The van der Waals surface area contributed by atoms with Gasteiger partial charge in [-0.2, -0.15) is 0 Å². The first-order chi connectivity index (χ1) is 16.1. The molecule has 0 bridgehead atoms. The Balaban J connectivity index is 3.02. The summed E-state index contributed by atoms with van der Waals surface area (Å²) in [5, 5.41) is 0. The average Bonchev–Trinajstić information content (AvgIpc) is 2.78. The van der Waals surface area contributed by atoms with E-state index in [1.165, 1.54) is 6.92 Å². The van der Waals surface area contributed by atoms with Crippen LogP contribution >= 0.6 is 0 Å². The quantitative estimate of drug-likeness (QED) is 0.127. The molecule has 0 heterocycles. The highest BCUT2D eigenvalue weighted by atomic mass is 16.6. The molecule has 0 aliphatic carbocycles. The molecule has 0 spiro atoms. The zero-order chi connectivity index (χ0) is 24.2. The lowest BCUT2D eigenvalue weighted by Gasteiger charge is -2.09. The number of carbonyl (C=O) groups excluding carboxylic acids is 1. The maximum Gasteiger partial charge on any atom is 0.302 e. The average molecular weight is 483 g/mol. The molecule has 0 aromatic rings. The predicted molar refractivity (Wildman–Crippen MR) is 123 cm³/mol. The molecule has 0 radical (unpaired) electrons. The van der Waals surface area contributed by atoms with Crippen LogP contribution in [0.2, 0.25) is 0 Å². The van der Waals surface area contributed by atoms with E-state index >= 15 is 0 Å². The Kier molecular flexibility index (Phi) is 26.7. The van der Waals surface area contributed by atoms with Gasteiger partial charge in [0.25, 0.3) is 0 Å². The predicted octanol–water partition coefficient (Wildman–Crippen LogP) is 1.73. The summed E-state index contributed by atoms with van der Waals surface area (Å²) in [4.78, 5) is 10.5. The van der Waals surface area contributed by atoms with Crippen molar-refractivity contribution in [3.8, 4) is 0 Å². The van der Waals surface area contributed by atoms with E-state index in [1.54, 1.807) is 0 Å². The lowest BCUT2D eigenvalue weighted by atomic mass is 10.1. The van der Waals surface area contributed by atoms with Crippen LogP contribution < -0.4 is 0 Å². The Hall–Kier alpha value is -0.850. The largest absolute Gasteiger partial charge is 0.463 e. The zero-order valence-electron chi connectivity index (χ0n) is 20.9. The molecule has 0 N–H and O–H groups in total. The summed E-state index contributed by atoms with van der Waals surface area (Å²) in [6.45, 7) is 14.6. The zero-order valence-corrected chi connectivity index (χ0v) is 20.9. The van der Waals surface area contributed by atoms with Crippen molar-refractivity contribution in [3.63, 3.8) is 0 Å². The van der Waals surface area contributed by atoms with E-state index in [9.17, 15) is 4.79 Å². The third-order valence-electron chi connectivity index (χ3n) is 3.98. The van der Waals surface area contributed by atoms with Crippen LogP contribution in [0.4, 0.5) is 0 Å². The van der Waals surface area contributed by atoms with Gasteiger partial charge in [0.15, 0.2) is 0 Å². The Labute approximate surface area is 199 Å². The van der Waals surface area contributed by atoms with Crippen LogP contribution in [0, 0.1) is 5.92 Å². The molecular formula is C23H46O10. The van der Waals surface area contributed by atoms with Crippen LogP contribution in [-0.2, 0) is 47.4 Å². The van der Waals surface area contributed by atoms with Gasteiger partial charge < -0.3 is 42.6 Å². The Morgan fingerprint density at radius 2 is 0.697 bits per heavy atom. The van der Waals surface area contributed by atoms with Gasteiger partial charge in [-0.25, -0.2) is 0 Å². The maximum atomic E-state index is 10.5. The second-order valence-electron chi connectivity index (χ2n) is 7.42. The molecular weight excluding hydrogens is 436 g/mol. The maximum absolute atomic E-state index is 10.5. The second kappa shape index (κ2) is 27.4. The first-order valence-corrected chi connectivity index (χ1v) is 11.9. The van der Waals surface area contributed by atoms with Gasteiger partial charge in [-0.05, 0) is 12.3 Å². The Morgan fingerprint density at radius 1 is 0.455 bits per heavy atom. The molecule has 0 saturated heterocycles. The highest BCUT2D eigenvalue weighted by Gasteiger charge is 1.96. The van der Waals surface area contributed by atoms with Crippen molar-refractivity contribution in [2.24, 2.45) is 5.92 Å². The van der Waals surface area contributed by atoms with Gasteiger partial charge in [-0.3, -0.25) is 4.79 Å². The minimum atomic E-state index is -0.305. The molecule has 0 aliphatic heterocycles. The van der Waals surface area contributed by atoms with Crippen molar-refractivity contribution >= 4 is 5.97 Å². The molecule has 0 aliphatic rings. The lowest BCUT2D eigenvalue weighted by molar-refractivity contribution is -0.142. The van der Waals surface area contributed by atoms with Crippen molar-refractivity contribution in [1.82, 2.24) is 0 Å². The van der Waals surface area contributed by atoms with Crippen LogP contribution in [0.1, 0.15) is 27.2 Å². The summed E-state index contributed by atoms with van der Waals surface area (Å²) in [5.74, 6) is 0.365. The lowest BCUT2D eigenvalue weighted by Crippen LogP contribution is -2.15. The van der Waals surface area contributed by atoms with Gasteiger partial charge in [0.05, 0.1) is 99.1 Å². The van der Waals surface area contributed by atoms with E-state index in [1.807, 2.05) is 0 Å². The van der Waals surface area contributed by atoms with Gasteiger partial charge in [0.2, 0.25) is 0 Å². The molecule has 10 heteroatoms. The van der Waals surface area contributed by atoms with Crippen molar-refractivity contribution in [2.45, 2.75) is 27.2 Å². The highest BCUT2D eigenvalue weighted by molar-refractivity contribution is 5.65. The van der Waals surface area contributed by atoms with Crippen LogP contribution in [-0.4, -0.2) is 118 Å². The van der Waals surface area contributed by atoms with Gasteiger partial charge in [-0.15, -0.1) is 0 Å². The van der Waals surface area contributed by atoms with E-state index < -0.39 is 0 Å². The molecule has 0 amide bonds. The summed E-state index contributed by atoms with van der Waals surface area (Å²) in [7, 11) is 0. The molecule has 0 unspecified atom stereocenters. The third kappa shape index (κ3) is 31.1. The number of rotatable bonds is 27. The second-order valence-corrected chi connectivity index (χ2v) is 7.42. The highest BCUT2D eigenvalue weighted by Crippen LogP contribution is 1.98. The van der Waals surface area contributed by atoms with E-state index in [4.69, 9.17) is 42.6 Å². The summed E-state index contributed by atoms with van der Waals surface area (Å²) >= 11 is 0. The summed E-state index contributed by atoms with van der Waals surface area (Å²) < 4.78 is 47.9. The van der Waals surface area contributed by atoms with E-state index in [2.05, 4.69) is 13.8 Å².